The van der Waals surface area contributed by atoms with Gasteiger partial charge >= 0.3 is 0 Å². The molecule has 2 heteroatoms. The smallest absolute Gasteiger partial charge is 0.220 e. The Labute approximate surface area is 88.5 Å². The average molecular weight is 199 g/mol. The molecule has 0 heterocycles. The summed E-state index contributed by atoms with van der Waals surface area (Å²) in [5.74, 6) is 0.166. The molecular weight excluding hydrogens is 174 g/mol. The highest BCUT2D eigenvalue weighted by Gasteiger charge is 2.19. The van der Waals surface area contributed by atoms with Crippen LogP contribution in [0.4, 0.5) is 0 Å². The highest BCUT2D eigenvalue weighted by Crippen LogP contribution is 2.25. The van der Waals surface area contributed by atoms with Gasteiger partial charge in [-0.25, -0.2) is 0 Å². The highest BCUT2D eigenvalue weighted by atomic mass is 16.1. The third-order valence-corrected chi connectivity index (χ3v) is 2.50. The zero-order chi connectivity index (χ0) is 11.4. The van der Waals surface area contributed by atoms with E-state index < -0.39 is 0 Å². The van der Waals surface area contributed by atoms with Crippen molar-refractivity contribution in [2.45, 2.75) is 66.3 Å². The lowest BCUT2D eigenvalue weighted by molar-refractivity contribution is -0.123. The highest BCUT2D eigenvalue weighted by molar-refractivity contribution is 5.76. The second-order valence-electron chi connectivity index (χ2n) is 5.82. The fourth-order valence-corrected chi connectivity index (χ4v) is 1.11. The van der Waals surface area contributed by atoms with Gasteiger partial charge in [-0.3, -0.25) is 4.79 Å². The molecule has 0 radical (unpaired) electrons. The number of nitrogens with one attached hydrogen (secondary N) is 1. The van der Waals surface area contributed by atoms with Gasteiger partial charge in [-0.1, -0.05) is 27.2 Å². The third-order valence-electron chi connectivity index (χ3n) is 2.50. The number of amides is 1. The second-order valence-corrected chi connectivity index (χ2v) is 5.82. The molecule has 0 aromatic carbocycles. The molecule has 0 fully saturated rings. The topological polar surface area (TPSA) is 29.1 Å². The molecule has 84 valence electrons. The standard InChI is InChI=1S/C12H25NO/c1-7-12(5,6)9-8-10(14)13-11(2,3)4/h7-9H2,1-6H3,(H,13,14). The van der Waals surface area contributed by atoms with Gasteiger partial charge in [0.25, 0.3) is 0 Å². The third kappa shape index (κ3) is 6.93. The van der Waals surface area contributed by atoms with E-state index >= 15 is 0 Å². The van der Waals surface area contributed by atoms with E-state index in [1.807, 2.05) is 20.8 Å². The van der Waals surface area contributed by atoms with Gasteiger partial charge in [0.15, 0.2) is 0 Å². The van der Waals surface area contributed by atoms with Crippen molar-refractivity contribution in [3.05, 3.63) is 0 Å². The van der Waals surface area contributed by atoms with Crippen LogP contribution in [-0.4, -0.2) is 11.4 Å². The number of carbonyl (C=O) groups is 1. The first-order valence-electron chi connectivity index (χ1n) is 5.47. The maximum absolute atomic E-state index is 11.5. The van der Waals surface area contributed by atoms with Crippen LogP contribution in [0.15, 0.2) is 0 Å². The summed E-state index contributed by atoms with van der Waals surface area (Å²) in [6, 6.07) is 0. The van der Waals surface area contributed by atoms with Crippen LogP contribution in [0, 0.1) is 5.41 Å². The van der Waals surface area contributed by atoms with Gasteiger partial charge in [-0.15, -0.1) is 0 Å². The first-order chi connectivity index (χ1) is 6.16. The minimum Gasteiger partial charge on any atom is -0.352 e. The lowest BCUT2D eigenvalue weighted by Crippen LogP contribution is -2.40. The van der Waals surface area contributed by atoms with Crippen molar-refractivity contribution in [2.24, 2.45) is 5.41 Å². The molecule has 2 nitrogen and oxygen atoms in total. The Morgan fingerprint density at radius 3 is 2.00 bits per heavy atom. The van der Waals surface area contributed by atoms with Crippen molar-refractivity contribution in [1.82, 2.24) is 5.32 Å². The molecule has 0 spiro atoms. The van der Waals surface area contributed by atoms with Gasteiger partial charge in [0.05, 0.1) is 0 Å². The van der Waals surface area contributed by atoms with Crippen LogP contribution in [-0.2, 0) is 4.79 Å². The largest absolute Gasteiger partial charge is 0.352 e. The normalized spacial score (nSPS) is 12.7. The van der Waals surface area contributed by atoms with Gasteiger partial charge in [0.2, 0.25) is 5.91 Å². The predicted octanol–water partition coefficient (Wildman–Crippen LogP) is 3.12. The van der Waals surface area contributed by atoms with E-state index in [0.29, 0.717) is 6.42 Å². The van der Waals surface area contributed by atoms with E-state index in [1.54, 1.807) is 0 Å². The molecule has 0 bridgehead atoms. The Morgan fingerprint density at radius 2 is 1.64 bits per heavy atom. The first-order valence-corrected chi connectivity index (χ1v) is 5.47. The Bertz CT molecular complexity index is 189. The van der Waals surface area contributed by atoms with E-state index in [-0.39, 0.29) is 16.9 Å². The number of carbonyl (C=O) groups excluding carboxylic acids is 1. The lowest BCUT2D eigenvalue weighted by atomic mass is 9.85. The van der Waals surface area contributed by atoms with Gasteiger partial charge in [0.1, 0.15) is 0 Å². The zero-order valence-corrected chi connectivity index (χ0v) is 10.5. The monoisotopic (exact) mass is 199 g/mol. The van der Waals surface area contributed by atoms with E-state index in [0.717, 1.165) is 12.8 Å². The average Bonchev–Trinajstić information content (AvgIpc) is 1.98. The number of hydrogen-bond donors (Lipinski definition) is 1. The van der Waals surface area contributed by atoms with Crippen LogP contribution in [0.2, 0.25) is 0 Å². The summed E-state index contributed by atoms with van der Waals surface area (Å²) < 4.78 is 0. The minimum atomic E-state index is -0.104. The summed E-state index contributed by atoms with van der Waals surface area (Å²) >= 11 is 0. The van der Waals surface area contributed by atoms with E-state index in [2.05, 4.69) is 26.1 Å². The van der Waals surface area contributed by atoms with Crippen molar-refractivity contribution in [2.75, 3.05) is 0 Å². The molecule has 0 aliphatic carbocycles. The quantitative estimate of drug-likeness (QED) is 0.740. The number of rotatable bonds is 4. The summed E-state index contributed by atoms with van der Waals surface area (Å²) in [6.07, 6.45) is 2.72. The SMILES string of the molecule is CCC(C)(C)CCC(=O)NC(C)(C)C. The van der Waals surface area contributed by atoms with Gasteiger partial charge in [0, 0.05) is 12.0 Å². The maximum atomic E-state index is 11.5. The summed E-state index contributed by atoms with van der Waals surface area (Å²) in [7, 11) is 0. The fourth-order valence-electron chi connectivity index (χ4n) is 1.11. The van der Waals surface area contributed by atoms with Crippen LogP contribution >= 0.6 is 0 Å². The second kappa shape index (κ2) is 4.81. The molecule has 1 N–H and O–H groups in total. The minimum absolute atomic E-state index is 0.104. The Morgan fingerprint density at radius 1 is 1.14 bits per heavy atom. The first kappa shape index (κ1) is 13.5. The Kier molecular flexibility index (Phi) is 4.63. The summed E-state index contributed by atoms with van der Waals surface area (Å²) in [5, 5.41) is 2.98. The van der Waals surface area contributed by atoms with Crippen molar-refractivity contribution in [1.29, 1.82) is 0 Å². The van der Waals surface area contributed by atoms with Crippen molar-refractivity contribution in [3.8, 4) is 0 Å². The molecule has 0 aliphatic heterocycles. The van der Waals surface area contributed by atoms with E-state index in [1.165, 1.54) is 0 Å². The fraction of sp³-hybridized carbons (Fsp3) is 0.917. The van der Waals surface area contributed by atoms with Crippen LogP contribution in [0.25, 0.3) is 0 Å². The number of hydrogen-bond acceptors (Lipinski definition) is 1. The molecule has 14 heavy (non-hydrogen) atoms. The van der Waals surface area contributed by atoms with Gasteiger partial charge in [-0.2, -0.15) is 0 Å². The molecule has 0 saturated carbocycles. The maximum Gasteiger partial charge on any atom is 0.220 e. The summed E-state index contributed by atoms with van der Waals surface area (Å²) in [5.41, 5.74) is 0.183. The Hall–Kier alpha value is -0.530. The van der Waals surface area contributed by atoms with Crippen molar-refractivity contribution < 1.29 is 4.79 Å². The molecule has 0 saturated heterocycles. The lowest BCUT2D eigenvalue weighted by Gasteiger charge is -2.24. The summed E-state index contributed by atoms with van der Waals surface area (Å²) in [6.45, 7) is 12.6. The Balaban J connectivity index is 3.87. The molecule has 0 aliphatic rings. The van der Waals surface area contributed by atoms with E-state index in [9.17, 15) is 4.79 Å². The molecule has 0 aromatic rings. The molecular formula is C12H25NO. The molecule has 1 amide bonds. The van der Waals surface area contributed by atoms with E-state index in [4.69, 9.17) is 0 Å². The van der Waals surface area contributed by atoms with Crippen molar-refractivity contribution >= 4 is 5.91 Å². The molecule has 0 unspecified atom stereocenters. The molecule has 0 aromatic heterocycles. The molecule has 0 rings (SSSR count). The van der Waals surface area contributed by atoms with Crippen LogP contribution < -0.4 is 5.32 Å². The van der Waals surface area contributed by atoms with Crippen LogP contribution in [0.3, 0.4) is 0 Å². The van der Waals surface area contributed by atoms with Gasteiger partial charge in [-0.05, 0) is 32.6 Å². The predicted molar refractivity (Wildman–Crippen MR) is 61.2 cm³/mol. The van der Waals surface area contributed by atoms with Crippen LogP contribution in [0.5, 0.6) is 0 Å². The van der Waals surface area contributed by atoms with Crippen LogP contribution in [0.1, 0.15) is 60.8 Å². The van der Waals surface area contributed by atoms with Crippen molar-refractivity contribution in [3.63, 3.8) is 0 Å². The zero-order valence-electron chi connectivity index (χ0n) is 10.5. The van der Waals surface area contributed by atoms with Gasteiger partial charge < -0.3 is 5.32 Å². The summed E-state index contributed by atoms with van der Waals surface area (Å²) in [4.78, 5) is 11.5. The molecule has 0 atom stereocenters.